The molecule has 0 aromatic rings. The van der Waals surface area contributed by atoms with Crippen molar-refractivity contribution in [2.24, 2.45) is 16.8 Å². The van der Waals surface area contributed by atoms with Crippen molar-refractivity contribution < 1.29 is 9.47 Å². The van der Waals surface area contributed by atoms with Crippen LogP contribution in [0.4, 0.5) is 0 Å². The normalized spacial score (nSPS) is 18.9. The van der Waals surface area contributed by atoms with E-state index in [2.05, 4.69) is 43.3 Å². The predicted octanol–water partition coefficient (Wildman–Crippen LogP) is 3.82. The Morgan fingerprint density at radius 1 is 1.24 bits per heavy atom. The molecule has 25 heavy (non-hydrogen) atoms. The van der Waals surface area contributed by atoms with E-state index in [4.69, 9.17) is 9.47 Å². The van der Waals surface area contributed by atoms with Crippen LogP contribution in [0.2, 0.25) is 0 Å². The topological polar surface area (TPSA) is 54.9 Å². The van der Waals surface area contributed by atoms with Crippen molar-refractivity contribution in [1.29, 1.82) is 0 Å². The van der Waals surface area contributed by atoms with Gasteiger partial charge in [0.2, 0.25) is 0 Å². The minimum absolute atomic E-state index is 0. The van der Waals surface area contributed by atoms with Gasteiger partial charge >= 0.3 is 0 Å². The highest BCUT2D eigenvalue weighted by atomic mass is 127. The Hall–Kier alpha value is -0.0800. The molecule has 0 amide bonds. The van der Waals surface area contributed by atoms with Gasteiger partial charge in [0.05, 0.1) is 13.2 Å². The van der Waals surface area contributed by atoms with Gasteiger partial charge in [-0.3, -0.25) is 4.99 Å². The summed E-state index contributed by atoms with van der Waals surface area (Å²) < 4.78 is 11.1. The minimum Gasteiger partial charge on any atom is -0.381 e. The van der Waals surface area contributed by atoms with Crippen molar-refractivity contribution in [3.63, 3.8) is 0 Å². The van der Waals surface area contributed by atoms with Crippen LogP contribution in [0.15, 0.2) is 4.99 Å². The van der Waals surface area contributed by atoms with E-state index in [1.807, 2.05) is 0 Å². The van der Waals surface area contributed by atoms with Crippen LogP contribution >= 0.6 is 24.0 Å². The van der Waals surface area contributed by atoms with E-state index in [0.717, 1.165) is 64.2 Å². The van der Waals surface area contributed by atoms with Crippen LogP contribution in [0.5, 0.6) is 0 Å². The van der Waals surface area contributed by atoms with E-state index in [1.54, 1.807) is 0 Å². The van der Waals surface area contributed by atoms with Gasteiger partial charge in [0.1, 0.15) is 0 Å². The number of ether oxygens (including phenoxy) is 2. The molecule has 1 heterocycles. The Morgan fingerprint density at radius 3 is 2.68 bits per heavy atom. The van der Waals surface area contributed by atoms with Crippen LogP contribution in [0, 0.1) is 11.8 Å². The Bertz CT molecular complexity index is 335. The fraction of sp³-hybridized carbons (Fsp3) is 0.947. The fourth-order valence-electron chi connectivity index (χ4n) is 2.78. The number of hydrogen-bond acceptors (Lipinski definition) is 3. The predicted molar refractivity (Wildman–Crippen MR) is 117 cm³/mol. The van der Waals surface area contributed by atoms with Gasteiger partial charge in [0.15, 0.2) is 5.96 Å². The second-order valence-corrected chi connectivity index (χ2v) is 7.29. The summed E-state index contributed by atoms with van der Waals surface area (Å²) in [5.41, 5.74) is 0. The highest BCUT2D eigenvalue weighted by Crippen LogP contribution is 2.12. The van der Waals surface area contributed by atoms with Gasteiger partial charge < -0.3 is 20.1 Å². The van der Waals surface area contributed by atoms with E-state index in [-0.39, 0.29) is 24.0 Å². The number of nitrogens with one attached hydrogen (secondary N) is 2. The third-order valence-corrected chi connectivity index (χ3v) is 4.24. The summed E-state index contributed by atoms with van der Waals surface area (Å²) in [7, 11) is 0. The quantitative estimate of drug-likeness (QED) is 0.198. The Kier molecular flexibility index (Phi) is 16.1. The summed E-state index contributed by atoms with van der Waals surface area (Å²) in [6, 6.07) is 0.458. The molecule has 0 bridgehead atoms. The molecule has 2 atom stereocenters. The Morgan fingerprint density at radius 2 is 2.04 bits per heavy atom. The maximum Gasteiger partial charge on any atom is 0.191 e. The van der Waals surface area contributed by atoms with Crippen molar-refractivity contribution in [3.8, 4) is 0 Å². The number of hydrogen-bond donors (Lipinski definition) is 2. The molecule has 1 rings (SSSR count). The molecule has 1 saturated heterocycles. The van der Waals surface area contributed by atoms with Crippen LogP contribution in [0.25, 0.3) is 0 Å². The standard InChI is InChI=1S/C19H39N3O2.HI/c1-5-20-19(22-17(4)9-6-8-16(2)3)21-11-7-12-23-14-18-10-13-24-15-18;/h16-18H,5-15H2,1-4H3,(H2,20,21,22);1H. The molecule has 0 aliphatic carbocycles. The second kappa shape index (κ2) is 16.1. The molecule has 5 nitrogen and oxygen atoms in total. The molecule has 2 unspecified atom stereocenters. The largest absolute Gasteiger partial charge is 0.381 e. The van der Waals surface area contributed by atoms with Gasteiger partial charge in [-0.2, -0.15) is 0 Å². The van der Waals surface area contributed by atoms with Gasteiger partial charge in [0, 0.05) is 38.3 Å². The third kappa shape index (κ3) is 13.7. The van der Waals surface area contributed by atoms with E-state index in [0.29, 0.717) is 12.0 Å². The van der Waals surface area contributed by atoms with Gasteiger partial charge in [0.25, 0.3) is 0 Å². The average molecular weight is 469 g/mol. The summed E-state index contributed by atoms with van der Waals surface area (Å²) >= 11 is 0. The lowest BCUT2D eigenvalue weighted by Crippen LogP contribution is -2.42. The smallest absolute Gasteiger partial charge is 0.191 e. The first-order chi connectivity index (χ1) is 11.6. The zero-order valence-electron chi connectivity index (χ0n) is 16.7. The van der Waals surface area contributed by atoms with E-state index in [1.165, 1.54) is 19.3 Å². The van der Waals surface area contributed by atoms with Gasteiger partial charge in [-0.15, -0.1) is 24.0 Å². The van der Waals surface area contributed by atoms with Crippen LogP contribution in [-0.2, 0) is 9.47 Å². The Labute approximate surface area is 172 Å². The molecule has 6 heteroatoms. The number of rotatable bonds is 12. The third-order valence-electron chi connectivity index (χ3n) is 4.24. The molecule has 1 aliphatic heterocycles. The summed E-state index contributed by atoms with van der Waals surface area (Å²) in [6.07, 6.45) is 5.86. The first-order valence-corrected chi connectivity index (χ1v) is 9.82. The molecular weight excluding hydrogens is 429 g/mol. The summed E-state index contributed by atoms with van der Waals surface area (Å²) in [4.78, 5) is 4.66. The molecule has 1 aliphatic rings. The molecule has 2 N–H and O–H groups in total. The van der Waals surface area contributed by atoms with Crippen molar-refractivity contribution >= 4 is 29.9 Å². The first-order valence-electron chi connectivity index (χ1n) is 9.82. The summed E-state index contributed by atoms with van der Waals surface area (Å²) in [5, 5.41) is 6.84. The molecule has 0 saturated carbocycles. The zero-order valence-corrected chi connectivity index (χ0v) is 19.0. The Balaban J connectivity index is 0.00000576. The zero-order chi connectivity index (χ0) is 17.6. The number of halogens is 1. The van der Waals surface area contributed by atoms with Crippen molar-refractivity contribution in [2.45, 2.75) is 65.8 Å². The van der Waals surface area contributed by atoms with Crippen molar-refractivity contribution in [2.75, 3.05) is 39.5 Å². The van der Waals surface area contributed by atoms with E-state index < -0.39 is 0 Å². The van der Waals surface area contributed by atoms with Crippen molar-refractivity contribution in [3.05, 3.63) is 0 Å². The van der Waals surface area contributed by atoms with E-state index >= 15 is 0 Å². The van der Waals surface area contributed by atoms with Gasteiger partial charge in [-0.05, 0) is 39.0 Å². The van der Waals surface area contributed by atoms with Gasteiger partial charge in [-0.25, -0.2) is 0 Å². The highest BCUT2D eigenvalue weighted by Gasteiger charge is 2.15. The monoisotopic (exact) mass is 469 g/mol. The number of aliphatic imine (C=N–C) groups is 1. The van der Waals surface area contributed by atoms with Crippen LogP contribution in [0.3, 0.4) is 0 Å². The molecule has 1 fully saturated rings. The summed E-state index contributed by atoms with van der Waals surface area (Å²) in [6.45, 7) is 14.0. The average Bonchev–Trinajstić information content (AvgIpc) is 3.03. The number of nitrogens with zero attached hydrogens (tertiary/aromatic N) is 1. The van der Waals surface area contributed by atoms with Crippen LogP contribution < -0.4 is 10.6 Å². The maximum atomic E-state index is 5.73. The lowest BCUT2D eigenvalue weighted by Gasteiger charge is -2.18. The van der Waals surface area contributed by atoms with Gasteiger partial charge in [-0.1, -0.05) is 26.7 Å². The molecule has 0 aromatic carbocycles. The SMILES string of the molecule is CCNC(=NCCCOCC1CCOC1)NC(C)CCCC(C)C.I. The second-order valence-electron chi connectivity index (χ2n) is 7.29. The van der Waals surface area contributed by atoms with E-state index in [9.17, 15) is 0 Å². The summed E-state index contributed by atoms with van der Waals surface area (Å²) in [5.74, 6) is 2.31. The number of guanidine groups is 1. The molecule has 150 valence electrons. The molecule has 0 aromatic heterocycles. The fourth-order valence-corrected chi connectivity index (χ4v) is 2.78. The first kappa shape index (κ1) is 24.9. The molecular formula is C19H40IN3O2. The minimum atomic E-state index is 0. The van der Waals surface area contributed by atoms with Crippen LogP contribution in [-0.4, -0.2) is 51.5 Å². The lowest BCUT2D eigenvalue weighted by molar-refractivity contribution is 0.0893. The molecule has 0 radical (unpaired) electrons. The highest BCUT2D eigenvalue weighted by molar-refractivity contribution is 14.0. The van der Waals surface area contributed by atoms with Crippen molar-refractivity contribution in [1.82, 2.24) is 10.6 Å². The lowest BCUT2D eigenvalue weighted by atomic mass is 10.0. The van der Waals surface area contributed by atoms with Crippen LogP contribution in [0.1, 0.15) is 59.8 Å². The molecule has 0 spiro atoms. The maximum absolute atomic E-state index is 5.73.